The third kappa shape index (κ3) is 11.5. The van der Waals surface area contributed by atoms with Crippen molar-refractivity contribution < 1.29 is 24.5 Å². The first-order valence-corrected chi connectivity index (χ1v) is 18.5. The van der Waals surface area contributed by atoms with Crippen molar-refractivity contribution in [3.8, 4) is 33.9 Å². The second kappa shape index (κ2) is 19.2. The summed E-state index contributed by atoms with van der Waals surface area (Å²) in [6, 6.07) is 13.8. The van der Waals surface area contributed by atoms with Gasteiger partial charge in [-0.3, -0.25) is 14.6 Å². The van der Waals surface area contributed by atoms with Crippen molar-refractivity contribution in [2.75, 3.05) is 50.5 Å². The normalized spacial score (nSPS) is 12.5. The zero-order valence-electron chi connectivity index (χ0n) is 30.2. The number of nitrogens with one attached hydrogen (secondary N) is 3. The van der Waals surface area contributed by atoms with Crippen molar-refractivity contribution in [2.24, 2.45) is 5.92 Å². The van der Waals surface area contributed by atoms with Crippen LogP contribution in [0.15, 0.2) is 65.7 Å². The zero-order valence-corrected chi connectivity index (χ0v) is 31.0. The number of aromatic hydroxyl groups is 1. The van der Waals surface area contributed by atoms with Crippen LogP contribution in [0.3, 0.4) is 0 Å². The molecule has 1 fully saturated rings. The largest absolute Gasteiger partial charge is 0.504 e. The number of anilines is 2. The van der Waals surface area contributed by atoms with Gasteiger partial charge in [-0.25, -0.2) is 9.48 Å². The molecule has 0 aliphatic heterocycles. The molecule has 53 heavy (non-hydrogen) atoms. The van der Waals surface area contributed by atoms with Crippen LogP contribution >= 0.6 is 11.6 Å². The molecule has 1 aliphatic rings. The number of halogens is 1. The van der Waals surface area contributed by atoms with Crippen molar-refractivity contribution in [3.05, 3.63) is 81.9 Å². The average molecular weight is 746 g/mol. The molecular weight excluding hydrogens is 698 g/mol. The van der Waals surface area contributed by atoms with Crippen LogP contribution in [0.2, 0.25) is 5.02 Å². The van der Waals surface area contributed by atoms with Gasteiger partial charge in [-0.05, 0) is 93.6 Å². The van der Waals surface area contributed by atoms with E-state index in [0.717, 1.165) is 68.8 Å². The number of hydrogen-bond donors (Lipinski definition) is 5. The fourth-order valence-corrected chi connectivity index (χ4v) is 5.96. The fraction of sp³-hybridized carbons (Fsp3) is 0.410. The number of likely N-dealkylation sites (N-methyl/N-ethyl adjacent to an activating group) is 1. The van der Waals surface area contributed by atoms with Crippen LogP contribution in [0.4, 0.5) is 16.2 Å². The minimum atomic E-state index is -0.786. The minimum Gasteiger partial charge on any atom is -0.504 e. The highest BCUT2D eigenvalue weighted by atomic mass is 35.5. The van der Waals surface area contributed by atoms with Gasteiger partial charge in [-0.1, -0.05) is 49.1 Å². The van der Waals surface area contributed by atoms with Crippen LogP contribution in [0.5, 0.6) is 11.5 Å². The van der Waals surface area contributed by atoms with E-state index in [1.54, 1.807) is 13.0 Å². The van der Waals surface area contributed by atoms with Crippen LogP contribution < -0.4 is 26.2 Å². The Morgan fingerprint density at radius 3 is 2.51 bits per heavy atom. The third-order valence-electron chi connectivity index (χ3n) is 8.97. The molecule has 5 N–H and O–H groups in total. The Kier molecular flexibility index (Phi) is 14.2. The number of hydrogen-bond acceptors (Lipinski definition) is 9. The van der Waals surface area contributed by atoms with Crippen LogP contribution in [-0.4, -0.2) is 81.7 Å². The molecule has 1 aliphatic carbocycles. The molecule has 14 heteroatoms. The number of aromatic nitrogens is 3. The van der Waals surface area contributed by atoms with Gasteiger partial charge >= 0.3 is 6.03 Å². The minimum absolute atomic E-state index is 0.0236. The summed E-state index contributed by atoms with van der Waals surface area (Å²) in [6.45, 7) is 5.03. The van der Waals surface area contributed by atoms with Gasteiger partial charge in [0.05, 0.1) is 30.1 Å². The monoisotopic (exact) mass is 745 g/mol. The number of urea groups is 1. The first-order chi connectivity index (χ1) is 25.6. The fourth-order valence-electron chi connectivity index (χ4n) is 5.76. The molecule has 0 saturated heterocycles. The molecule has 0 atom stereocenters. The van der Waals surface area contributed by atoms with E-state index in [2.05, 4.69) is 30.9 Å². The number of unbranched alkanes of at least 4 members (excludes halogenated alkanes) is 4. The van der Waals surface area contributed by atoms with E-state index in [1.807, 2.05) is 43.4 Å². The first kappa shape index (κ1) is 39.2. The van der Waals surface area contributed by atoms with Crippen LogP contribution in [0, 0.1) is 5.92 Å². The van der Waals surface area contributed by atoms with E-state index in [1.165, 1.54) is 16.9 Å². The number of aliphatic hydroxyl groups is 1. The Labute approximate surface area is 314 Å². The number of amides is 3. The molecule has 0 bridgehead atoms. The Hall–Kier alpha value is -4.98. The number of nitrogens with zero attached hydrogens (tertiary/aromatic N) is 4. The quantitative estimate of drug-likeness (QED) is 0.0683. The van der Waals surface area contributed by atoms with E-state index >= 15 is 0 Å². The number of benzene rings is 2. The summed E-state index contributed by atoms with van der Waals surface area (Å²) in [4.78, 5) is 45.3. The van der Waals surface area contributed by atoms with Gasteiger partial charge in [0, 0.05) is 37.0 Å². The van der Waals surface area contributed by atoms with Crippen molar-refractivity contribution >= 4 is 34.9 Å². The SMILES string of the molecule is CCn1nc(-c2cccc(-c3cc(OCC4CC4)cc(C(=O)NCCCCCCCN(C)CCO)c3)c2)cc(NC(=O)Nc2c(O)cncc2Cl)c1=O. The molecule has 13 nitrogen and oxygen atoms in total. The van der Waals surface area contributed by atoms with Gasteiger partial charge in [-0.15, -0.1) is 0 Å². The standard InChI is InChI=1S/C39H48ClN7O6/c1-3-47-38(51)34(43-39(52)44-36-32(40)23-41-24-35(36)49)22-33(45-47)28-11-9-10-27(18-28)29-19-30(21-31(20-29)53-25-26-12-13-26)37(50)42-14-7-5-4-6-8-15-46(2)16-17-48/h9-11,18-24,26,48-49H,3-8,12-17,25H2,1-2H3,(H,42,50)(H2,41,43,44,52). The Bertz CT molecular complexity index is 1910. The topological polar surface area (TPSA) is 171 Å². The molecular formula is C39H48ClN7O6. The summed E-state index contributed by atoms with van der Waals surface area (Å²) in [5, 5.41) is 31.8. The first-order valence-electron chi connectivity index (χ1n) is 18.1. The summed E-state index contributed by atoms with van der Waals surface area (Å²) in [7, 11) is 2.01. The second-order valence-corrected chi connectivity index (χ2v) is 13.7. The molecule has 4 aromatic rings. The number of rotatable bonds is 19. The Morgan fingerprint density at radius 2 is 1.75 bits per heavy atom. The summed E-state index contributed by atoms with van der Waals surface area (Å²) in [5.74, 6) is 0.658. The lowest BCUT2D eigenvalue weighted by Gasteiger charge is -2.14. The molecule has 2 aromatic heterocycles. The van der Waals surface area contributed by atoms with Gasteiger partial charge in [-0.2, -0.15) is 5.10 Å². The predicted molar refractivity (Wildman–Crippen MR) is 207 cm³/mol. The lowest BCUT2D eigenvalue weighted by atomic mass is 9.99. The highest BCUT2D eigenvalue weighted by molar-refractivity contribution is 6.34. The molecule has 5 rings (SSSR count). The Morgan fingerprint density at radius 1 is 0.981 bits per heavy atom. The second-order valence-electron chi connectivity index (χ2n) is 13.3. The van der Waals surface area contributed by atoms with Gasteiger partial charge < -0.3 is 35.8 Å². The maximum Gasteiger partial charge on any atom is 0.323 e. The third-order valence-corrected chi connectivity index (χ3v) is 9.25. The van der Waals surface area contributed by atoms with E-state index < -0.39 is 11.6 Å². The maximum atomic E-state index is 13.4. The molecule has 0 unspecified atom stereocenters. The smallest absolute Gasteiger partial charge is 0.323 e. The Balaban J connectivity index is 1.30. The van der Waals surface area contributed by atoms with Gasteiger partial charge in [0.25, 0.3) is 11.5 Å². The van der Waals surface area contributed by atoms with Crippen molar-refractivity contribution in [2.45, 2.75) is 58.4 Å². The molecule has 2 aromatic carbocycles. The number of aliphatic hydroxyl groups excluding tert-OH is 1. The summed E-state index contributed by atoms with van der Waals surface area (Å²) >= 11 is 6.08. The van der Waals surface area contributed by atoms with Crippen molar-refractivity contribution in [3.63, 3.8) is 0 Å². The van der Waals surface area contributed by atoms with E-state index in [-0.39, 0.29) is 41.2 Å². The number of carbonyl (C=O) groups is 2. The molecule has 3 amide bonds. The summed E-state index contributed by atoms with van der Waals surface area (Å²) < 4.78 is 7.39. The van der Waals surface area contributed by atoms with Crippen molar-refractivity contribution in [1.29, 1.82) is 0 Å². The van der Waals surface area contributed by atoms with Crippen LogP contribution in [-0.2, 0) is 6.54 Å². The number of pyridine rings is 1. The predicted octanol–water partition coefficient (Wildman–Crippen LogP) is 6.39. The molecule has 282 valence electrons. The van der Waals surface area contributed by atoms with Crippen LogP contribution in [0.25, 0.3) is 22.4 Å². The lowest BCUT2D eigenvalue weighted by Crippen LogP contribution is -2.29. The van der Waals surface area contributed by atoms with Crippen molar-refractivity contribution in [1.82, 2.24) is 25.0 Å². The van der Waals surface area contributed by atoms with Gasteiger partial charge in [0.15, 0.2) is 5.75 Å². The molecule has 1 saturated carbocycles. The van der Waals surface area contributed by atoms with E-state index in [9.17, 15) is 19.5 Å². The zero-order chi connectivity index (χ0) is 37.7. The maximum absolute atomic E-state index is 13.4. The molecule has 0 radical (unpaired) electrons. The lowest BCUT2D eigenvalue weighted by molar-refractivity contribution is 0.0952. The number of ether oxygens (including phenoxy) is 1. The molecule has 0 spiro atoms. The summed E-state index contributed by atoms with van der Waals surface area (Å²) in [6.07, 6.45) is 9.89. The van der Waals surface area contributed by atoms with Gasteiger partial charge in [0.2, 0.25) is 0 Å². The highest BCUT2D eigenvalue weighted by Gasteiger charge is 2.22. The average Bonchev–Trinajstić information content (AvgIpc) is 3.99. The van der Waals surface area contributed by atoms with E-state index in [4.69, 9.17) is 21.4 Å². The molecule has 2 heterocycles. The summed E-state index contributed by atoms with van der Waals surface area (Å²) in [5.41, 5.74) is 2.63. The van der Waals surface area contributed by atoms with E-state index in [0.29, 0.717) is 48.2 Å². The van der Waals surface area contributed by atoms with Gasteiger partial charge in [0.1, 0.15) is 17.1 Å². The highest BCUT2D eigenvalue weighted by Crippen LogP contribution is 2.33. The number of aryl methyl sites for hydroxylation is 1. The van der Waals surface area contributed by atoms with Crippen LogP contribution in [0.1, 0.15) is 62.2 Å². The number of carbonyl (C=O) groups excluding carboxylic acids is 2.